The number of nitrogens with zero attached hydrogens (tertiary/aromatic N) is 1. The van der Waals surface area contributed by atoms with E-state index in [0.717, 1.165) is 0 Å². The second kappa shape index (κ2) is 4.75. The minimum absolute atomic E-state index is 0. The molecule has 0 bridgehead atoms. The fraction of sp³-hybridized carbons (Fsp3) is 0. The Labute approximate surface area is 92.2 Å². The van der Waals surface area contributed by atoms with Gasteiger partial charge in [-0.25, -0.2) is 0 Å². The van der Waals surface area contributed by atoms with Crippen molar-refractivity contribution in [3.05, 3.63) is 10.1 Å². The minimum atomic E-state index is -5.42. The molecule has 0 N–H and O–H groups in total. The van der Waals surface area contributed by atoms with Crippen molar-refractivity contribution in [2.75, 3.05) is 0 Å². The summed E-state index contributed by atoms with van der Waals surface area (Å²) in [5.74, 6) is 0. The predicted molar refractivity (Wildman–Crippen MR) is 15.7 cm³/mol. The molecule has 0 aromatic carbocycles. The van der Waals surface area contributed by atoms with Gasteiger partial charge >= 0.3 is 51.4 Å². The molecular weight excluding hydrogens is 180 g/mol. The Kier molecular flexibility index (Phi) is 6.67. The Bertz CT molecular complexity index is 136. The van der Waals surface area contributed by atoms with E-state index in [1.165, 1.54) is 0 Å². The molecule has 0 aliphatic heterocycles. The molecule has 7 nitrogen and oxygen atoms in total. The normalized spacial score (nSPS) is 9.56. The Balaban J connectivity index is 0. The summed E-state index contributed by atoms with van der Waals surface area (Å²) in [6.07, 6.45) is 0. The maximum absolute atomic E-state index is 9.25. The van der Waals surface area contributed by atoms with Crippen molar-refractivity contribution >= 4 is 7.82 Å². The molecule has 9 heavy (non-hydrogen) atoms. The van der Waals surface area contributed by atoms with Gasteiger partial charge in [0.2, 0.25) is 0 Å². The molecule has 0 aliphatic rings. The first-order valence-electron chi connectivity index (χ1n) is 1.28. The summed E-state index contributed by atoms with van der Waals surface area (Å²) >= 11 is 0. The SMILES string of the molecule is O=[N+]([O-])OP(=O)([O-])[O-].[K+]. The van der Waals surface area contributed by atoms with Crippen LogP contribution in [0.5, 0.6) is 0 Å². The first kappa shape index (κ1) is 12.6. The van der Waals surface area contributed by atoms with E-state index in [4.69, 9.17) is 10.1 Å². The Morgan fingerprint density at radius 1 is 1.44 bits per heavy atom. The van der Waals surface area contributed by atoms with Gasteiger partial charge in [-0.2, -0.15) is 0 Å². The zero-order valence-corrected chi connectivity index (χ0v) is 8.36. The summed E-state index contributed by atoms with van der Waals surface area (Å²) in [7, 11) is -5.42. The van der Waals surface area contributed by atoms with Crippen LogP contribution in [0.1, 0.15) is 0 Å². The third-order valence-corrected chi connectivity index (χ3v) is 0.500. The maximum atomic E-state index is 9.25. The van der Waals surface area contributed by atoms with Crippen molar-refractivity contribution in [1.82, 2.24) is 0 Å². The van der Waals surface area contributed by atoms with Crippen molar-refractivity contribution in [3.63, 3.8) is 0 Å². The van der Waals surface area contributed by atoms with Crippen LogP contribution in [0.4, 0.5) is 0 Å². The zero-order chi connectivity index (χ0) is 6.78. The van der Waals surface area contributed by atoms with E-state index in [2.05, 4.69) is 4.62 Å². The quantitative estimate of drug-likeness (QED) is 0.182. The number of hydrogen-bond donors (Lipinski definition) is 0. The van der Waals surface area contributed by atoms with Gasteiger partial charge in [-0.3, -0.25) is 4.62 Å². The smallest absolute Gasteiger partial charge is 0.791 e. The van der Waals surface area contributed by atoms with E-state index in [0.29, 0.717) is 0 Å². The van der Waals surface area contributed by atoms with Crippen LogP contribution in [0.15, 0.2) is 0 Å². The van der Waals surface area contributed by atoms with Crippen molar-refractivity contribution in [3.8, 4) is 0 Å². The molecular formula is KNO6P-. The summed E-state index contributed by atoms with van der Waals surface area (Å²) in [5, 5.41) is 7.35. The van der Waals surface area contributed by atoms with Crippen LogP contribution >= 0.6 is 7.82 Å². The fourth-order valence-corrected chi connectivity index (χ4v) is 0.245. The average Bonchev–Trinajstić information content (AvgIpc) is 1.21. The number of phosphoric acid groups is 1. The van der Waals surface area contributed by atoms with Crippen molar-refractivity contribution in [2.45, 2.75) is 0 Å². The predicted octanol–water partition coefficient (Wildman–Crippen LogP) is -4.97. The summed E-state index contributed by atoms with van der Waals surface area (Å²) in [6.45, 7) is 0. The van der Waals surface area contributed by atoms with E-state index in [9.17, 15) is 14.4 Å². The van der Waals surface area contributed by atoms with Crippen LogP contribution < -0.4 is 61.2 Å². The second-order valence-electron chi connectivity index (χ2n) is 0.752. The maximum Gasteiger partial charge on any atom is 1.00 e. The van der Waals surface area contributed by atoms with Gasteiger partial charge in [-0.15, -0.1) is 10.1 Å². The molecule has 9 heteroatoms. The first-order valence-corrected chi connectivity index (χ1v) is 2.74. The van der Waals surface area contributed by atoms with Crippen LogP contribution in [0, 0.1) is 10.1 Å². The summed E-state index contributed by atoms with van der Waals surface area (Å²) in [6, 6.07) is 0. The van der Waals surface area contributed by atoms with Crippen LogP contribution in [0.2, 0.25) is 0 Å². The van der Waals surface area contributed by atoms with E-state index < -0.39 is 12.9 Å². The summed E-state index contributed by atoms with van der Waals surface area (Å²) < 4.78 is 11.9. The van der Waals surface area contributed by atoms with Crippen molar-refractivity contribution < 1.29 is 75.4 Å². The molecule has 0 aromatic heterocycles. The fourth-order valence-electron chi connectivity index (χ4n) is 0.0816. The molecule has 0 fully saturated rings. The minimum Gasteiger partial charge on any atom is -0.791 e. The third-order valence-electron chi connectivity index (χ3n) is 0.167. The average molecular weight is 180 g/mol. The van der Waals surface area contributed by atoms with Crippen molar-refractivity contribution in [1.29, 1.82) is 0 Å². The van der Waals surface area contributed by atoms with Gasteiger partial charge in [0.25, 0.3) is 5.09 Å². The molecule has 0 atom stereocenters. The largest absolute Gasteiger partial charge is 1.00 e. The topological polar surface area (TPSA) is 116 Å². The zero-order valence-electron chi connectivity index (χ0n) is 4.34. The Morgan fingerprint density at radius 3 is 1.78 bits per heavy atom. The van der Waals surface area contributed by atoms with Gasteiger partial charge in [-0.05, 0) is 0 Å². The van der Waals surface area contributed by atoms with Gasteiger partial charge in [0.15, 0.2) is 0 Å². The van der Waals surface area contributed by atoms with Crippen LogP contribution in [0.3, 0.4) is 0 Å². The molecule has 0 aromatic rings. The molecule has 0 unspecified atom stereocenters. The molecule has 0 heterocycles. The van der Waals surface area contributed by atoms with Crippen LogP contribution in [0.25, 0.3) is 0 Å². The Hall–Kier alpha value is 0.986. The molecule has 0 saturated carbocycles. The molecule has 0 aliphatic carbocycles. The summed E-state index contributed by atoms with van der Waals surface area (Å²) in [5.41, 5.74) is 0. The van der Waals surface area contributed by atoms with Crippen LogP contribution in [-0.4, -0.2) is 5.09 Å². The first-order chi connectivity index (χ1) is 3.42. The second-order valence-corrected chi connectivity index (χ2v) is 1.81. The standard InChI is InChI=1S/K.H2NO6P/c;2-1(3)7-8(4,5)6/h;(H2,4,5,6)/q+1;/p-2. The van der Waals surface area contributed by atoms with E-state index >= 15 is 0 Å². The van der Waals surface area contributed by atoms with Gasteiger partial charge < -0.3 is 14.4 Å². The summed E-state index contributed by atoms with van der Waals surface area (Å²) in [4.78, 5) is 27.5. The van der Waals surface area contributed by atoms with E-state index in [-0.39, 0.29) is 51.4 Å². The van der Waals surface area contributed by atoms with Gasteiger partial charge in [0.05, 0.1) is 0 Å². The van der Waals surface area contributed by atoms with Gasteiger partial charge in [-0.1, -0.05) is 0 Å². The monoisotopic (exact) mass is 180 g/mol. The number of hydrogen-bond acceptors (Lipinski definition) is 6. The molecule has 0 rings (SSSR count). The van der Waals surface area contributed by atoms with Crippen LogP contribution in [-0.2, 0) is 9.19 Å². The third kappa shape index (κ3) is 12.2. The molecule has 0 spiro atoms. The molecule has 0 radical (unpaired) electrons. The molecule has 0 saturated heterocycles. The number of rotatable bonds is 2. The Morgan fingerprint density at radius 2 is 1.78 bits per heavy atom. The van der Waals surface area contributed by atoms with Gasteiger partial charge in [0.1, 0.15) is 7.82 Å². The van der Waals surface area contributed by atoms with E-state index in [1.54, 1.807) is 0 Å². The van der Waals surface area contributed by atoms with Gasteiger partial charge in [0, 0.05) is 0 Å². The van der Waals surface area contributed by atoms with Crippen molar-refractivity contribution in [2.24, 2.45) is 0 Å². The molecule has 48 valence electrons. The van der Waals surface area contributed by atoms with E-state index in [1.807, 2.05) is 0 Å². The molecule has 0 amide bonds.